The zero-order valence-electron chi connectivity index (χ0n) is 28.8. The monoisotopic (exact) mass is 705 g/mol. The second kappa shape index (κ2) is 16.7. The molecule has 2 atom stereocenters. The fraction of sp³-hybridized carbons (Fsp3) is 0.316. The molecule has 9 nitrogen and oxygen atoms in total. The molecule has 0 aliphatic heterocycles. The van der Waals surface area contributed by atoms with Crippen LogP contribution in [-0.4, -0.2) is 58.0 Å². The molecule has 0 radical (unpaired) electrons. The van der Waals surface area contributed by atoms with Crippen molar-refractivity contribution in [3.05, 3.63) is 118 Å². The van der Waals surface area contributed by atoms with Crippen LogP contribution in [0.5, 0.6) is 11.5 Å². The first-order valence-corrected chi connectivity index (χ1v) is 17.9. The SMILES string of the molecule is CC[C@H](C)NC(=O)[C@H](Cc1ccccc1)N(Cc1ccc(Cl)cc1)C(=O)CN(c1cc(C)cc(C)c1)S(=O)(=O)c1ccc(OC)c(OC)c1. The van der Waals surface area contributed by atoms with Crippen molar-refractivity contribution >= 4 is 39.1 Å². The van der Waals surface area contributed by atoms with Crippen molar-refractivity contribution in [3.63, 3.8) is 0 Å². The number of aryl methyl sites for hydroxylation is 2. The molecule has 4 aromatic rings. The minimum Gasteiger partial charge on any atom is -0.493 e. The number of hydrogen-bond acceptors (Lipinski definition) is 6. The summed E-state index contributed by atoms with van der Waals surface area (Å²) in [4.78, 5) is 30.1. The Hall–Kier alpha value is -4.54. The summed E-state index contributed by atoms with van der Waals surface area (Å²) in [5, 5.41) is 3.57. The highest BCUT2D eigenvalue weighted by Crippen LogP contribution is 2.33. The highest BCUT2D eigenvalue weighted by Gasteiger charge is 2.35. The zero-order chi connectivity index (χ0) is 35.7. The lowest BCUT2D eigenvalue weighted by atomic mass is 10.0. The van der Waals surface area contributed by atoms with E-state index in [-0.39, 0.29) is 35.6 Å². The molecule has 2 amide bonds. The third-order valence-corrected chi connectivity index (χ3v) is 10.3. The van der Waals surface area contributed by atoms with Gasteiger partial charge in [0.05, 0.1) is 24.8 Å². The third-order valence-electron chi connectivity index (χ3n) is 8.25. The summed E-state index contributed by atoms with van der Waals surface area (Å²) >= 11 is 6.18. The minimum absolute atomic E-state index is 0.0402. The largest absolute Gasteiger partial charge is 0.493 e. The molecule has 0 fully saturated rings. The smallest absolute Gasteiger partial charge is 0.264 e. The van der Waals surface area contributed by atoms with Gasteiger partial charge in [-0.1, -0.05) is 67.1 Å². The van der Waals surface area contributed by atoms with Crippen LogP contribution >= 0.6 is 11.6 Å². The van der Waals surface area contributed by atoms with Gasteiger partial charge >= 0.3 is 0 Å². The highest BCUT2D eigenvalue weighted by atomic mass is 35.5. The van der Waals surface area contributed by atoms with Crippen LogP contribution < -0.4 is 19.1 Å². The molecule has 0 unspecified atom stereocenters. The second-order valence-corrected chi connectivity index (χ2v) is 14.3. The number of amides is 2. The van der Waals surface area contributed by atoms with Crippen LogP contribution in [0.4, 0.5) is 5.69 Å². The van der Waals surface area contributed by atoms with Gasteiger partial charge in [-0.3, -0.25) is 13.9 Å². The number of carbonyl (C=O) groups is 2. The average molecular weight is 706 g/mol. The number of methoxy groups -OCH3 is 2. The van der Waals surface area contributed by atoms with E-state index in [0.717, 1.165) is 26.6 Å². The summed E-state index contributed by atoms with van der Waals surface area (Å²) in [5.74, 6) is -0.301. The van der Waals surface area contributed by atoms with Gasteiger partial charge in [-0.15, -0.1) is 0 Å². The highest BCUT2D eigenvalue weighted by molar-refractivity contribution is 7.92. The van der Waals surface area contributed by atoms with Gasteiger partial charge in [0.2, 0.25) is 11.8 Å². The minimum atomic E-state index is -4.35. The Morgan fingerprint density at radius 2 is 1.47 bits per heavy atom. The van der Waals surface area contributed by atoms with Crippen LogP contribution in [0.3, 0.4) is 0 Å². The molecule has 0 aliphatic rings. The molecule has 0 heterocycles. The van der Waals surface area contributed by atoms with E-state index in [4.69, 9.17) is 21.1 Å². The Balaban J connectivity index is 1.85. The maximum absolute atomic E-state index is 14.7. The number of halogens is 1. The maximum Gasteiger partial charge on any atom is 0.264 e. The molecule has 260 valence electrons. The molecular weight excluding hydrogens is 662 g/mol. The van der Waals surface area contributed by atoms with Crippen molar-refractivity contribution < 1.29 is 27.5 Å². The molecule has 0 saturated heterocycles. The van der Waals surface area contributed by atoms with E-state index in [2.05, 4.69) is 5.32 Å². The summed E-state index contributed by atoms with van der Waals surface area (Å²) in [7, 11) is -1.46. The molecule has 0 aliphatic carbocycles. The van der Waals surface area contributed by atoms with E-state index in [1.54, 1.807) is 36.4 Å². The van der Waals surface area contributed by atoms with Crippen LogP contribution in [-0.2, 0) is 32.6 Å². The number of carbonyl (C=O) groups excluding carboxylic acids is 2. The topological polar surface area (TPSA) is 105 Å². The standard InChI is InChI=1S/C38H44ClN3O6S/c1-7-28(4)40-38(44)34(22-29-11-9-8-10-12-29)41(24-30-13-15-31(39)16-14-30)37(43)25-42(32-20-26(2)19-27(3)21-32)49(45,46)33-17-18-35(47-5)36(23-33)48-6/h8-21,23,28,34H,7,22,24-25H2,1-6H3,(H,40,44)/t28-,34-/m0/s1. The second-order valence-electron chi connectivity index (χ2n) is 12.0. The number of hydrogen-bond donors (Lipinski definition) is 1. The van der Waals surface area contributed by atoms with Crippen molar-refractivity contribution in [2.75, 3.05) is 25.1 Å². The predicted molar refractivity (Wildman–Crippen MR) is 194 cm³/mol. The Morgan fingerprint density at radius 3 is 2.06 bits per heavy atom. The third kappa shape index (κ3) is 9.55. The molecular formula is C38H44ClN3O6S. The average Bonchev–Trinajstić information content (AvgIpc) is 3.08. The Bertz CT molecular complexity index is 1830. The van der Waals surface area contributed by atoms with Crippen LogP contribution in [0, 0.1) is 13.8 Å². The molecule has 0 bridgehead atoms. The normalized spacial score (nSPS) is 12.5. The molecule has 4 aromatic carbocycles. The summed E-state index contributed by atoms with van der Waals surface area (Å²) < 4.78 is 40.9. The van der Waals surface area contributed by atoms with Crippen LogP contribution in [0.15, 0.2) is 95.9 Å². The van der Waals surface area contributed by atoms with Gasteiger partial charge in [0.25, 0.3) is 10.0 Å². The quantitative estimate of drug-likeness (QED) is 0.147. The lowest BCUT2D eigenvalue weighted by Crippen LogP contribution is -2.54. The van der Waals surface area contributed by atoms with Crippen molar-refractivity contribution in [1.82, 2.24) is 10.2 Å². The fourth-order valence-electron chi connectivity index (χ4n) is 5.51. The maximum atomic E-state index is 14.7. The summed E-state index contributed by atoms with van der Waals surface area (Å²) in [6.45, 7) is 7.06. The van der Waals surface area contributed by atoms with E-state index in [1.165, 1.54) is 37.3 Å². The number of nitrogens with zero attached hydrogens (tertiary/aromatic N) is 2. The summed E-state index contributed by atoms with van der Waals surface area (Å²) in [6.07, 6.45) is 0.910. The van der Waals surface area contributed by atoms with Gasteiger partial charge in [-0.25, -0.2) is 8.42 Å². The Kier molecular flexibility index (Phi) is 12.7. The van der Waals surface area contributed by atoms with E-state index >= 15 is 0 Å². The fourth-order valence-corrected chi connectivity index (χ4v) is 7.05. The van der Waals surface area contributed by atoms with Gasteiger partial charge in [0.15, 0.2) is 11.5 Å². The lowest BCUT2D eigenvalue weighted by Gasteiger charge is -2.34. The zero-order valence-corrected chi connectivity index (χ0v) is 30.3. The molecule has 4 rings (SSSR count). The van der Waals surface area contributed by atoms with Crippen LogP contribution in [0.1, 0.15) is 42.5 Å². The predicted octanol–water partition coefficient (Wildman–Crippen LogP) is 6.72. The van der Waals surface area contributed by atoms with E-state index < -0.39 is 28.5 Å². The molecule has 0 aromatic heterocycles. The van der Waals surface area contributed by atoms with Crippen molar-refractivity contribution in [1.29, 1.82) is 0 Å². The summed E-state index contributed by atoms with van der Waals surface area (Å²) in [6, 6.07) is 25.0. The van der Waals surface area contributed by atoms with Gasteiger partial charge in [0.1, 0.15) is 12.6 Å². The number of sulfonamides is 1. The molecule has 1 N–H and O–H groups in total. The van der Waals surface area contributed by atoms with Crippen LogP contribution in [0.25, 0.3) is 0 Å². The molecule has 11 heteroatoms. The molecule has 0 spiro atoms. The number of rotatable bonds is 15. The van der Waals surface area contributed by atoms with E-state index in [1.807, 2.05) is 64.1 Å². The van der Waals surface area contributed by atoms with Crippen molar-refractivity contribution in [2.45, 2.75) is 64.1 Å². The number of ether oxygens (including phenoxy) is 2. The van der Waals surface area contributed by atoms with E-state index in [9.17, 15) is 18.0 Å². The van der Waals surface area contributed by atoms with Gasteiger partial charge in [-0.2, -0.15) is 0 Å². The van der Waals surface area contributed by atoms with E-state index in [0.29, 0.717) is 22.9 Å². The van der Waals surface area contributed by atoms with Crippen molar-refractivity contribution in [2.24, 2.45) is 0 Å². The summed E-state index contributed by atoms with van der Waals surface area (Å²) in [5.41, 5.74) is 3.54. The number of benzene rings is 4. The van der Waals surface area contributed by atoms with Gasteiger partial charge < -0.3 is 19.7 Å². The number of nitrogens with one attached hydrogen (secondary N) is 1. The molecule has 49 heavy (non-hydrogen) atoms. The van der Waals surface area contributed by atoms with Gasteiger partial charge in [0, 0.05) is 30.1 Å². The van der Waals surface area contributed by atoms with Gasteiger partial charge in [-0.05, 0) is 85.8 Å². The van der Waals surface area contributed by atoms with Crippen molar-refractivity contribution in [3.8, 4) is 11.5 Å². The lowest BCUT2D eigenvalue weighted by molar-refractivity contribution is -0.140. The number of anilines is 1. The first-order chi connectivity index (χ1) is 23.4. The molecule has 0 saturated carbocycles. The first-order valence-electron chi connectivity index (χ1n) is 16.1. The Morgan fingerprint density at radius 1 is 0.837 bits per heavy atom. The van der Waals surface area contributed by atoms with Crippen LogP contribution in [0.2, 0.25) is 5.02 Å². The first kappa shape index (κ1) is 37.3. The Labute approximate surface area is 294 Å².